The molecule has 4 nitrogen and oxygen atoms in total. The second-order valence-corrected chi connectivity index (χ2v) is 5.93. The van der Waals surface area contributed by atoms with Crippen molar-refractivity contribution in [1.82, 2.24) is 4.98 Å². The molecule has 0 aromatic carbocycles. The third kappa shape index (κ3) is 2.37. The van der Waals surface area contributed by atoms with Gasteiger partial charge in [0.05, 0.1) is 11.2 Å². The molecule has 2 rings (SSSR count). The maximum Gasteiger partial charge on any atom is 0.498 e. The van der Waals surface area contributed by atoms with E-state index in [0.717, 1.165) is 5.56 Å². The lowest BCUT2D eigenvalue weighted by Crippen LogP contribution is -2.41. The summed E-state index contributed by atoms with van der Waals surface area (Å²) >= 11 is 0. The van der Waals surface area contributed by atoms with Crippen LogP contribution >= 0.6 is 0 Å². The van der Waals surface area contributed by atoms with Gasteiger partial charge in [-0.3, -0.25) is 0 Å². The maximum absolute atomic E-state index is 9.28. The molecule has 0 amide bonds. The van der Waals surface area contributed by atoms with Gasteiger partial charge >= 0.3 is 7.12 Å². The third-order valence-electron chi connectivity index (χ3n) is 4.04. The maximum atomic E-state index is 9.28. The fourth-order valence-corrected chi connectivity index (χ4v) is 2.16. The summed E-state index contributed by atoms with van der Waals surface area (Å²) in [5, 5.41) is 9.28. The Labute approximate surface area is 120 Å². The van der Waals surface area contributed by atoms with E-state index in [2.05, 4.69) is 17.6 Å². The van der Waals surface area contributed by atoms with E-state index in [9.17, 15) is 5.26 Å². The van der Waals surface area contributed by atoms with E-state index < -0.39 is 18.3 Å². The molecule has 1 aromatic rings. The quantitative estimate of drug-likeness (QED) is 0.622. The summed E-state index contributed by atoms with van der Waals surface area (Å²) in [5.41, 5.74) is 1.15. The number of pyridine rings is 1. The standard InChI is InChI=1S/C15H19BN2O2/c1-6-7-11-8-9-18-12(10-17)13(11)16-19-14(2,3)15(4,5)20-16/h6,8-9H,1,7H2,2-5H3. The summed E-state index contributed by atoms with van der Waals surface area (Å²) < 4.78 is 12.1. The first-order valence-electron chi connectivity index (χ1n) is 6.67. The van der Waals surface area contributed by atoms with Crippen molar-refractivity contribution in [1.29, 1.82) is 5.26 Å². The van der Waals surface area contributed by atoms with E-state index in [-0.39, 0.29) is 0 Å². The summed E-state index contributed by atoms with van der Waals surface area (Å²) in [4.78, 5) is 4.12. The molecule has 1 aliphatic rings. The van der Waals surface area contributed by atoms with Crippen LogP contribution in [0.3, 0.4) is 0 Å². The average molecular weight is 270 g/mol. The van der Waals surface area contributed by atoms with Crippen LogP contribution in [-0.4, -0.2) is 23.3 Å². The Morgan fingerprint density at radius 1 is 1.35 bits per heavy atom. The van der Waals surface area contributed by atoms with E-state index in [1.54, 1.807) is 12.3 Å². The Balaban J connectivity index is 2.49. The average Bonchev–Trinajstić information content (AvgIpc) is 2.58. The van der Waals surface area contributed by atoms with Gasteiger partial charge in [0, 0.05) is 11.7 Å². The lowest BCUT2D eigenvalue weighted by atomic mass is 9.74. The van der Waals surface area contributed by atoms with Gasteiger partial charge in [0.25, 0.3) is 0 Å². The topological polar surface area (TPSA) is 55.1 Å². The minimum Gasteiger partial charge on any atom is -0.399 e. The Hall–Kier alpha value is -1.64. The number of rotatable bonds is 3. The summed E-state index contributed by atoms with van der Waals surface area (Å²) in [5.74, 6) is 0. The van der Waals surface area contributed by atoms with Crippen molar-refractivity contribution in [2.75, 3.05) is 0 Å². The molecule has 1 aliphatic heterocycles. The molecule has 0 saturated carbocycles. The van der Waals surface area contributed by atoms with Gasteiger partial charge in [0.1, 0.15) is 11.8 Å². The van der Waals surface area contributed by atoms with Crippen LogP contribution in [0.1, 0.15) is 39.0 Å². The van der Waals surface area contributed by atoms with E-state index in [0.29, 0.717) is 17.6 Å². The van der Waals surface area contributed by atoms with Crippen LogP contribution in [-0.2, 0) is 15.7 Å². The molecule has 0 spiro atoms. The van der Waals surface area contributed by atoms with Gasteiger partial charge in [-0.25, -0.2) is 4.98 Å². The van der Waals surface area contributed by atoms with Crippen LogP contribution in [0.15, 0.2) is 24.9 Å². The first-order valence-corrected chi connectivity index (χ1v) is 6.67. The predicted octanol–water partition coefficient (Wildman–Crippen LogP) is 1.98. The zero-order valence-electron chi connectivity index (χ0n) is 12.4. The predicted molar refractivity (Wildman–Crippen MR) is 78.6 cm³/mol. The largest absolute Gasteiger partial charge is 0.498 e. The number of nitriles is 1. The molecule has 1 fully saturated rings. The normalized spacial score (nSPS) is 19.6. The van der Waals surface area contributed by atoms with E-state index in [1.807, 2.05) is 33.8 Å². The SMILES string of the molecule is C=CCc1ccnc(C#N)c1B1OC(C)(C)C(C)(C)O1. The van der Waals surface area contributed by atoms with E-state index in [4.69, 9.17) is 9.31 Å². The fourth-order valence-electron chi connectivity index (χ4n) is 2.16. The van der Waals surface area contributed by atoms with Crippen molar-refractivity contribution in [3.63, 3.8) is 0 Å². The first kappa shape index (κ1) is 14.8. The Morgan fingerprint density at radius 2 is 1.95 bits per heavy atom. The smallest absolute Gasteiger partial charge is 0.399 e. The lowest BCUT2D eigenvalue weighted by molar-refractivity contribution is 0.00578. The van der Waals surface area contributed by atoms with Crippen molar-refractivity contribution in [3.05, 3.63) is 36.2 Å². The highest BCUT2D eigenvalue weighted by Crippen LogP contribution is 2.36. The molecule has 5 heteroatoms. The molecule has 0 N–H and O–H groups in total. The zero-order valence-corrected chi connectivity index (χ0v) is 12.4. The van der Waals surface area contributed by atoms with Crippen LogP contribution in [0, 0.1) is 11.3 Å². The van der Waals surface area contributed by atoms with E-state index >= 15 is 0 Å². The van der Waals surface area contributed by atoms with Gasteiger partial charge in [0.15, 0.2) is 0 Å². The van der Waals surface area contributed by atoms with Crippen molar-refractivity contribution in [2.24, 2.45) is 0 Å². The number of allylic oxidation sites excluding steroid dienone is 1. The molecule has 0 unspecified atom stereocenters. The molecule has 0 bridgehead atoms. The molecular formula is C15H19BN2O2. The Kier molecular flexibility index (Phi) is 3.72. The second-order valence-electron chi connectivity index (χ2n) is 5.93. The van der Waals surface area contributed by atoms with Gasteiger partial charge in [-0.05, 0) is 45.7 Å². The summed E-state index contributed by atoms with van der Waals surface area (Å²) in [6.07, 6.45) is 4.08. The van der Waals surface area contributed by atoms with Gasteiger partial charge in [0.2, 0.25) is 0 Å². The van der Waals surface area contributed by atoms with Gasteiger partial charge in [-0.15, -0.1) is 6.58 Å². The van der Waals surface area contributed by atoms with Crippen LogP contribution in [0.4, 0.5) is 0 Å². The van der Waals surface area contributed by atoms with Crippen LogP contribution in [0.2, 0.25) is 0 Å². The molecule has 20 heavy (non-hydrogen) atoms. The molecule has 1 aromatic heterocycles. The highest BCUT2D eigenvalue weighted by Gasteiger charge is 2.52. The van der Waals surface area contributed by atoms with Crippen LogP contribution < -0.4 is 5.46 Å². The second kappa shape index (κ2) is 5.04. The molecule has 1 saturated heterocycles. The number of hydrogen-bond acceptors (Lipinski definition) is 4. The molecule has 0 aliphatic carbocycles. The highest BCUT2D eigenvalue weighted by molar-refractivity contribution is 6.63. The van der Waals surface area contributed by atoms with Crippen molar-refractivity contribution in [2.45, 2.75) is 45.3 Å². The number of hydrogen-bond donors (Lipinski definition) is 0. The van der Waals surface area contributed by atoms with Crippen molar-refractivity contribution in [3.8, 4) is 6.07 Å². The number of aromatic nitrogens is 1. The summed E-state index contributed by atoms with van der Waals surface area (Å²) in [6, 6.07) is 4.00. The minimum atomic E-state index is -0.571. The van der Waals surface area contributed by atoms with Gasteiger partial charge in [-0.1, -0.05) is 6.08 Å². The monoisotopic (exact) mass is 270 g/mol. The van der Waals surface area contributed by atoms with Crippen LogP contribution in [0.25, 0.3) is 0 Å². The minimum absolute atomic E-state index is 0.350. The molecule has 0 radical (unpaired) electrons. The van der Waals surface area contributed by atoms with Crippen molar-refractivity contribution >= 4 is 12.6 Å². The number of nitrogens with zero attached hydrogens (tertiary/aromatic N) is 2. The van der Waals surface area contributed by atoms with Crippen LogP contribution in [0.5, 0.6) is 0 Å². The molecular weight excluding hydrogens is 251 g/mol. The fraction of sp³-hybridized carbons (Fsp3) is 0.467. The third-order valence-corrected chi connectivity index (χ3v) is 4.04. The Morgan fingerprint density at radius 3 is 2.45 bits per heavy atom. The highest BCUT2D eigenvalue weighted by atomic mass is 16.7. The molecule has 104 valence electrons. The van der Waals surface area contributed by atoms with Gasteiger partial charge < -0.3 is 9.31 Å². The van der Waals surface area contributed by atoms with E-state index in [1.165, 1.54) is 0 Å². The Bertz CT molecular complexity index is 560. The molecule has 0 atom stereocenters. The molecule has 2 heterocycles. The summed E-state index contributed by atoms with van der Waals surface area (Å²) in [7, 11) is -0.571. The lowest BCUT2D eigenvalue weighted by Gasteiger charge is -2.32. The first-order chi connectivity index (χ1) is 9.32. The summed E-state index contributed by atoms with van der Waals surface area (Å²) in [6.45, 7) is 11.7. The van der Waals surface area contributed by atoms with Gasteiger partial charge in [-0.2, -0.15) is 5.26 Å². The zero-order chi connectivity index (χ0) is 15.0. The van der Waals surface area contributed by atoms with Crippen molar-refractivity contribution < 1.29 is 9.31 Å².